The monoisotopic (exact) mass is 382 g/mol. The summed E-state index contributed by atoms with van der Waals surface area (Å²) < 4.78 is 0. The zero-order chi connectivity index (χ0) is 19.9. The Bertz CT molecular complexity index is 813. The molecule has 3 heterocycles. The quantitative estimate of drug-likeness (QED) is 0.878. The standard InChI is InChI=1S/C20H26N6O2/c1-15-5-3-7-19(23-15)24-20(28)25-9-4-6-18(8-10-25)26(16(2)27)13-17-11-21-14-22-12-17/h3,5,7,11-12,14,18H,4,6,8-10,13H2,1-2H3,(H,23,24,28). The molecular weight excluding hydrogens is 356 g/mol. The molecule has 0 bridgehead atoms. The number of nitrogens with one attached hydrogen (secondary N) is 1. The van der Waals surface area contributed by atoms with E-state index >= 15 is 0 Å². The number of pyridine rings is 1. The molecule has 1 fully saturated rings. The van der Waals surface area contributed by atoms with Crippen molar-refractivity contribution in [3.8, 4) is 0 Å². The number of nitrogens with zero attached hydrogens (tertiary/aromatic N) is 5. The summed E-state index contributed by atoms with van der Waals surface area (Å²) in [5, 5.41) is 2.87. The van der Waals surface area contributed by atoms with Crippen molar-refractivity contribution < 1.29 is 9.59 Å². The second-order valence-electron chi connectivity index (χ2n) is 7.06. The van der Waals surface area contributed by atoms with Crippen molar-refractivity contribution in [2.75, 3.05) is 18.4 Å². The van der Waals surface area contributed by atoms with Gasteiger partial charge in [0.1, 0.15) is 12.1 Å². The van der Waals surface area contributed by atoms with Gasteiger partial charge in [0.15, 0.2) is 0 Å². The molecule has 1 atom stereocenters. The molecule has 1 aliphatic heterocycles. The number of carbonyl (C=O) groups excluding carboxylic acids is 2. The molecule has 28 heavy (non-hydrogen) atoms. The van der Waals surface area contributed by atoms with Gasteiger partial charge in [-0.3, -0.25) is 10.1 Å². The Kier molecular flexibility index (Phi) is 6.52. The number of hydrogen-bond donors (Lipinski definition) is 1. The molecule has 148 valence electrons. The van der Waals surface area contributed by atoms with Crippen LogP contribution in [0.5, 0.6) is 0 Å². The largest absolute Gasteiger partial charge is 0.335 e. The molecule has 2 aromatic rings. The Hall–Kier alpha value is -3.03. The third kappa shape index (κ3) is 5.25. The first-order chi connectivity index (χ1) is 13.5. The molecule has 1 N–H and O–H groups in total. The van der Waals surface area contributed by atoms with Gasteiger partial charge in [-0.15, -0.1) is 0 Å². The minimum atomic E-state index is -0.149. The topological polar surface area (TPSA) is 91.3 Å². The SMILES string of the molecule is CC(=O)N(Cc1cncnc1)C1CCCN(C(=O)Nc2cccc(C)n2)CC1. The summed E-state index contributed by atoms with van der Waals surface area (Å²) in [6, 6.07) is 5.48. The number of amides is 3. The molecule has 0 saturated carbocycles. The highest BCUT2D eigenvalue weighted by atomic mass is 16.2. The highest BCUT2D eigenvalue weighted by Gasteiger charge is 2.26. The lowest BCUT2D eigenvalue weighted by atomic mass is 10.1. The Labute approximate surface area is 165 Å². The number of rotatable bonds is 4. The van der Waals surface area contributed by atoms with E-state index in [1.165, 1.54) is 6.33 Å². The summed E-state index contributed by atoms with van der Waals surface area (Å²) in [7, 11) is 0. The second-order valence-corrected chi connectivity index (χ2v) is 7.06. The summed E-state index contributed by atoms with van der Waals surface area (Å²) in [4.78, 5) is 40.9. The van der Waals surface area contributed by atoms with E-state index in [0.717, 1.165) is 30.5 Å². The Morgan fingerprint density at radius 2 is 2.00 bits per heavy atom. The fraction of sp³-hybridized carbons (Fsp3) is 0.450. The zero-order valence-corrected chi connectivity index (χ0v) is 16.3. The van der Waals surface area contributed by atoms with Gasteiger partial charge in [0.05, 0.1) is 0 Å². The molecule has 1 unspecified atom stereocenters. The first-order valence-corrected chi connectivity index (χ1v) is 9.53. The fourth-order valence-corrected chi connectivity index (χ4v) is 3.50. The van der Waals surface area contributed by atoms with Crippen LogP contribution in [0.4, 0.5) is 10.6 Å². The van der Waals surface area contributed by atoms with Crippen molar-refractivity contribution in [1.29, 1.82) is 0 Å². The van der Waals surface area contributed by atoms with Gasteiger partial charge in [-0.25, -0.2) is 19.7 Å². The summed E-state index contributed by atoms with van der Waals surface area (Å²) in [6.45, 7) is 5.22. The van der Waals surface area contributed by atoms with E-state index in [2.05, 4.69) is 20.3 Å². The van der Waals surface area contributed by atoms with Crippen molar-refractivity contribution in [3.63, 3.8) is 0 Å². The van der Waals surface area contributed by atoms with Gasteiger partial charge < -0.3 is 9.80 Å². The lowest BCUT2D eigenvalue weighted by molar-refractivity contribution is -0.132. The predicted octanol–water partition coefficient (Wildman–Crippen LogP) is 2.62. The number of aromatic nitrogens is 3. The lowest BCUT2D eigenvalue weighted by Crippen LogP contribution is -2.40. The molecule has 3 rings (SSSR count). The number of urea groups is 1. The van der Waals surface area contributed by atoms with Crippen LogP contribution in [-0.4, -0.2) is 55.8 Å². The van der Waals surface area contributed by atoms with Crippen LogP contribution in [0.1, 0.15) is 37.4 Å². The molecule has 0 spiro atoms. The third-order valence-electron chi connectivity index (χ3n) is 4.92. The summed E-state index contributed by atoms with van der Waals surface area (Å²) in [5.74, 6) is 0.580. The number of aryl methyl sites for hydroxylation is 1. The number of carbonyl (C=O) groups is 2. The van der Waals surface area contributed by atoms with Gasteiger partial charge >= 0.3 is 6.03 Å². The average Bonchev–Trinajstić information content (AvgIpc) is 2.93. The van der Waals surface area contributed by atoms with Gasteiger partial charge in [0.2, 0.25) is 5.91 Å². The van der Waals surface area contributed by atoms with Crippen molar-refractivity contribution >= 4 is 17.8 Å². The van der Waals surface area contributed by atoms with Gasteiger partial charge in [0.25, 0.3) is 0 Å². The van der Waals surface area contributed by atoms with Gasteiger partial charge in [0, 0.05) is 56.3 Å². The summed E-state index contributed by atoms with van der Waals surface area (Å²) in [5.41, 5.74) is 1.76. The highest BCUT2D eigenvalue weighted by Crippen LogP contribution is 2.20. The van der Waals surface area contributed by atoms with Crippen molar-refractivity contribution in [3.05, 3.63) is 48.2 Å². The van der Waals surface area contributed by atoms with Crippen molar-refractivity contribution in [2.24, 2.45) is 0 Å². The van der Waals surface area contributed by atoms with E-state index in [4.69, 9.17) is 0 Å². The van der Waals surface area contributed by atoms with Crippen LogP contribution in [-0.2, 0) is 11.3 Å². The fourth-order valence-electron chi connectivity index (χ4n) is 3.50. The minimum Gasteiger partial charge on any atom is -0.335 e. The van der Waals surface area contributed by atoms with E-state index < -0.39 is 0 Å². The average molecular weight is 382 g/mol. The molecule has 8 heteroatoms. The Morgan fingerprint density at radius 1 is 1.21 bits per heavy atom. The number of anilines is 1. The third-order valence-corrected chi connectivity index (χ3v) is 4.92. The van der Waals surface area contributed by atoms with Crippen LogP contribution < -0.4 is 5.32 Å². The minimum absolute atomic E-state index is 0.0238. The van der Waals surface area contributed by atoms with Crippen LogP contribution in [0.25, 0.3) is 0 Å². The second kappa shape index (κ2) is 9.25. The molecule has 2 aromatic heterocycles. The molecule has 0 aliphatic carbocycles. The van der Waals surface area contributed by atoms with Gasteiger partial charge in [-0.2, -0.15) is 0 Å². The molecular formula is C20H26N6O2. The Balaban J connectivity index is 1.61. The van der Waals surface area contributed by atoms with Gasteiger partial charge in [-0.05, 0) is 38.3 Å². The van der Waals surface area contributed by atoms with Crippen LogP contribution >= 0.6 is 0 Å². The first kappa shape index (κ1) is 19.7. The van der Waals surface area contributed by atoms with Gasteiger partial charge in [-0.1, -0.05) is 6.07 Å². The molecule has 8 nitrogen and oxygen atoms in total. The first-order valence-electron chi connectivity index (χ1n) is 9.53. The van der Waals surface area contributed by atoms with Crippen LogP contribution in [0.3, 0.4) is 0 Å². The van der Waals surface area contributed by atoms with E-state index in [-0.39, 0.29) is 18.0 Å². The van der Waals surface area contributed by atoms with Crippen LogP contribution in [0.15, 0.2) is 36.9 Å². The molecule has 0 radical (unpaired) electrons. The van der Waals surface area contributed by atoms with Crippen LogP contribution in [0, 0.1) is 6.92 Å². The maximum absolute atomic E-state index is 12.6. The number of hydrogen-bond acceptors (Lipinski definition) is 5. The van der Waals surface area contributed by atoms with E-state index in [9.17, 15) is 9.59 Å². The van der Waals surface area contributed by atoms with Crippen LogP contribution in [0.2, 0.25) is 0 Å². The predicted molar refractivity (Wildman–Crippen MR) is 105 cm³/mol. The normalized spacial score (nSPS) is 16.9. The highest BCUT2D eigenvalue weighted by molar-refractivity contribution is 5.88. The maximum atomic E-state index is 12.6. The molecule has 1 saturated heterocycles. The molecule has 3 amide bonds. The van der Waals surface area contributed by atoms with E-state index in [0.29, 0.717) is 25.5 Å². The molecule has 0 aromatic carbocycles. The van der Waals surface area contributed by atoms with Crippen molar-refractivity contribution in [2.45, 2.75) is 45.7 Å². The lowest BCUT2D eigenvalue weighted by Gasteiger charge is -2.30. The maximum Gasteiger partial charge on any atom is 0.323 e. The molecule has 1 aliphatic rings. The summed E-state index contributed by atoms with van der Waals surface area (Å²) in [6.07, 6.45) is 7.38. The Morgan fingerprint density at radius 3 is 2.71 bits per heavy atom. The summed E-state index contributed by atoms with van der Waals surface area (Å²) >= 11 is 0. The smallest absolute Gasteiger partial charge is 0.323 e. The zero-order valence-electron chi connectivity index (χ0n) is 16.3. The van der Waals surface area contributed by atoms with Crippen molar-refractivity contribution in [1.82, 2.24) is 24.8 Å². The van der Waals surface area contributed by atoms with E-state index in [1.54, 1.807) is 30.3 Å². The number of likely N-dealkylation sites (tertiary alicyclic amines) is 1. The van der Waals surface area contributed by atoms with E-state index in [1.807, 2.05) is 24.0 Å².